The van der Waals surface area contributed by atoms with E-state index < -0.39 is 49.1 Å². The highest BCUT2D eigenvalue weighted by Gasteiger charge is 2.50. The summed E-state index contributed by atoms with van der Waals surface area (Å²) >= 11 is 0. The van der Waals surface area contributed by atoms with Crippen LogP contribution in [0.1, 0.15) is 6.92 Å². The van der Waals surface area contributed by atoms with Crippen LogP contribution in [-0.4, -0.2) is 49.1 Å². The lowest BCUT2D eigenvalue weighted by molar-refractivity contribution is -0.171. The zero-order valence-corrected chi connectivity index (χ0v) is 10.3. The normalized spacial score (nSPS) is 14.2. The van der Waals surface area contributed by atoms with E-state index >= 15 is 0 Å². The third kappa shape index (κ3) is 5.01. The Kier molecular flexibility index (Phi) is 6.36. The van der Waals surface area contributed by atoms with Crippen molar-refractivity contribution in [2.75, 3.05) is 6.54 Å². The third-order valence-electron chi connectivity index (χ3n) is 2.10. The summed E-state index contributed by atoms with van der Waals surface area (Å²) in [6, 6.07) is -1.47. The topological polar surface area (TPSA) is 58.2 Å². The van der Waals surface area contributed by atoms with Gasteiger partial charge in [0.15, 0.2) is 0 Å². The lowest BCUT2D eigenvalue weighted by Gasteiger charge is -2.20. The minimum Gasteiger partial charge on any atom is -0.349 e. The van der Waals surface area contributed by atoms with Crippen molar-refractivity contribution in [1.29, 1.82) is 0 Å². The number of carbonyl (C=O) groups excluding carboxylic acids is 2. The van der Waals surface area contributed by atoms with E-state index in [1.807, 2.05) is 0 Å². The predicted molar refractivity (Wildman–Crippen MR) is 52.5 cm³/mol. The van der Waals surface area contributed by atoms with Gasteiger partial charge in [-0.15, -0.1) is 0 Å². The Labute approximate surface area is 112 Å². The molecular weight excluding hydrogens is 320 g/mol. The molecule has 21 heavy (non-hydrogen) atoms. The molecule has 0 aliphatic carbocycles. The molecule has 0 aliphatic rings. The van der Waals surface area contributed by atoms with E-state index in [0.29, 0.717) is 0 Å². The van der Waals surface area contributed by atoms with Crippen LogP contribution in [0.15, 0.2) is 0 Å². The van der Waals surface area contributed by atoms with E-state index in [4.69, 9.17) is 0 Å². The van der Waals surface area contributed by atoms with Gasteiger partial charge < -0.3 is 10.6 Å². The second-order valence-corrected chi connectivity index (χ2v) is 3.93. The van der Waals surface area contributed by atoms with Gasteiger partial charge in [0.25, 0.3) is 11.8 Å². The summed E-state index contributed by atoms with van der Waals surface area (Å²) in [6.45, 7) is -0.0353. The third-order valence-corrected chi connectivity index (χ3v) is 2.10. The molecule has 0 rings (SSSR count). The Morgan fingerprint density at radius 2 is 1.29 bits per heavy atom. The van der Waals surface area contributed by atoms with Crippen molar-refractivity contribution in [1.82, 2.24) is 10.6 Å². The molecule has 0 aromatic carbocycles. The fourth-order valence-electron chi connectivity index (χ4n) is 0.933. The van der Waals surface area contributed by atoms with Crippen molar-refractivity contribution in [2.24, 2.45) is 0 Å². The van der Waals surface area contributed by atoms with Crippen LogP contribution in [0.25, 0.3) is 0 Å². The molecule has 12 heteroatoms. The van der Waals surface area contributed by atoms with Crippen molar-refractivity contribution < 1.29 is 44.7 Å². The minimum absolute atomic E-state index is 0.903. The van der Waals surface area contributed by atoms with Gasteiger partial charge in [-0.1, -0.05) is 0 Å². The number of alkyl halides is 8. The molecule has 0 fully saturated rings. The summed E-state index contributed by atoms with van der Waals surface area (Å²) < 4.78 is 97.2. The van der Waals surface area contributed by atoms with E-state index in [2.05, 4.69) is 0 Å². The van der Waals surface area contributed by atoms with Crippen molar-refractivity contribution in [3.63, 3.8) is 0 Å². The fourth-order valence-corrected chi connectivity index (χ4v) is 0.933. The van der Waals surface area contributed by atoms with Gasteiger partial charge in [-0.2, -0.15) is 17.6 Å². The van der Waals surface area contributed by atoms with Crippen LogP contribution in [0, 0.1) is 0 Å². The molecule has 0 aromatic rings. The first-order valence-electron chi connectivity index (χ1n) is 5.24. The number of amides is 2. The van der Waals surface area contributed by atoms with Crippen molar-refractivity contribution >= 4 is 11.8 Å². The fraction of sp³-hybridized carbons (Fsp3) is 0.778. The minimum atomic E-state index is -5.01. The smallest absolute Gasteiger partial charge is 0.349 e. The predicted octanol–water partition coefficient (Wildman–Crippen LogP) is 1.41. The quantitative estimate of drug-likeness (QED) is 0.694. The van der Waals surface area contributed by atoms with Crippen molar-refractivity contribution in [2.45, 2.75) is 37.7 Å². The number of carbonyl (C=O) groups is 2. The summed E-state index contributed by atoms with van der Waals surface area (Å²) in [4.78, 5) is 21.4. The monoisotopic (exact) mass is 330 g/mol. The van der Waals surface area contributed by atoms with Gasteiger partial charge in [0.05, 0.1) is 0 Å². The summed E-state index contributed by atoms with van der Waals surface area (Å²) in [5.41, 5.74) is 0. The molecule has 2 amide bonds. The van der Waals surface area contributed by atoms with E-state index in [1.54, 1.807) is 0 Å². The Bertz CT molecular complexity index is 388. The standard InChI is InChI=1S/C9H10F8N2O2/c1-3(19-7(21)9(16,17)5(12)13)2-18-6(20)8(14,15)4(10)11/h3-5H,2H2,1H3,(H,18,20)(H,19,21). The number of nitrogens with one attached hydrogen (secondary N) is 2. The first-order chi connectivity index (χ1) is 9.33. The molecule has 0 radical (unpaired) electrons. The summed E-state index contributed by atoms with van der Waals surface area (Å²) in [7, 11) is 0. The lowest BCUT2D eigenvalue weighted by atomic mass is 10.2. The maximum absolute atomic E-state index is 12.5. The Balaban J connectivity index is 4.45. The number of halogens is 8. The number of rotatable bonds is 7. The zero-order valence-electron chi connectivity index (χ0n) is 10.3. The van der Waals surface area contributed by atoms with E-state index in [1.165, 1.54) is 10.6 Å². The largest absolute Gasteiger partial charge is 0.383 e. The molecule has 2 N–H and O–H groups in total. The highest BCUT2D eigenvalue weighted by atomic mass is 19.3. The molecule has 0 aromatic heterocycles. The summed E-state index contributed by atoms with van der Waals surface area (Å²) in [5.74, 6) is -14.8. The Hall–Kier alpha value is -1.62. The molecule has 0 spiro atoms. The van der Waals surface area contributed by atoms with Gasteiger partial charge in [0, 0.05) is 12.6 Å². The van der Waals surface area contributed by atoms with Crippen LogP contribution >= 0.6 is 0 Å². The lowest BCUT2D eigenvalue weighted by Crippen LogP contribution is -2.53. The second kappa shape index (κ2) is 6.89. The molecule has 0 saturated carbocycles. The van der Waals surface area contributed by atoms with Crippen LogP contribution in [0.3, 0.4) is 0 Å². The first-order valence-corrected chi connectivity index (χ1v) is 5.24. The maximum atomic E-state index is 12.5. The molecule has 1 unspecified atom stereocenters. The first kappa shape index (κ1) is 19.4. The molecule has 0 bridgehead atoms. The number of hydrogen-bond donors (Lipinski definition) is 2. The molecular formula is C9H10F8N2O2. The molecule has 0 saturated heterocycles. The van der Waals surface area contributed by atoms with Gasteiger partial charge in [-0.25, -0.2) is 17.6 Å². The SMILES string of the molecule is CC(CNC(=O)C(F)(F)C(F)F)NC(=O)C(F)(F)C(F)F. The number of hydrogen-bond acceptors (Lipinski definition) is 2. The van der Waals surface area contributed by atoms with E-state index in [-0.39, 0.29) is 0 Å². The van der Waals surface area contributed by atoms with Crippen molar-refractivity contribution in [3.8, 4) is 0 Å². The van der Waals surface area contributed by atoms with E-state index in [0.717, 1.165) is 6.92 Å². The van der Waals surface area contributed by atoms with Gasteiger partial charge >= 0.3 is 24.7 Å². The summed E-state index contributed by atoms with van der Waals surface area (Å²) in [5, 5.41) is 2.60. The van der Waals surface area contributed by atoms with Crippen LogP contribution in [0.4, 0.5) is 35.1 Å². The highest BCUT2D eigenvalue weighted by Crippen LogP contribution is 2.23. The van der Waals surface area contributed by atoms with Crippen LogP contribution in [-0.2, 0) is 9.59 Å². The van der Waals surface area contributed by atoms with E-state index in [9.17, 15) is 44.7 Å². The molecule has 124 valence electrons. The average Bonchev–Trinajstić information content (AvgIpc) is 2.34. The average molecular weight is 330 g/mol. The van der Waals surface area contributed by atoms with Gasteiger partial charge in [0.2, 0.25) is 0 Å². The second-order valence-electron chi connectivity index (χ2n) is 3.93. The molecule has 0 heterocycles. The summed E-state index contributed by atoms with van der Waals surface area (Å²) in [6.07, 6.45) is -8.58. The van der Waals surface area contributed by atoms with Crippen LogP contribution in [0.2, 0.25) is 0 Å². The van der Waals surface area contributed by atoms with Gasteiger partial charge in [0.1, 0.15) is 0 Å². The molecule has 4 nitrogen and oxygen atoms in total. The maximum Gasteiger partial charge on any atom is 0.383 e. The molecule has 1 atom stereocenters. The molecule has 0 aliphatic heterocycles. The highest BCUT2D eigenvalue weighted by molar-refractivity contribution is 5.85. The van der Waals surface area contributed by atoms with Crippen LogP contribution < -0.4 is 10.6 Å². The van der Waals surface area contributed by atoms with Crippen molar-refractivity contribution in [3.05, 3.63) is 0 Å². The zero-order chi connectivity index (χ0) is 17.0. The Morgan fingerprint density at radius 1 is 0.905 bits per heavy atom. The van der Waals surface area contributed by atoms with Gasteiger partial charge in [-0.3, -0.25) is 9.59 Å². The van der Waals surface area contributed by atoms with Crippen LogP contribution in [0.5, 0.6) is 0 Å². The van der Waals surface area contributed by atoms with Gasteiger partial charge in [-0.05, 0) is 6.92 Å². The Morgan fingerprint density at radius 3 is 1.67 bits per heavy atom.